The van der Waals surface area contributed by atoms with Gasteiger partial charge in [-0.15, -0.1) is 0 Å². The minimum absolute atomic E-state index is 0.0372. The molecule has 0 saturated carbocycles. The van der Waals surface area contributed by atoms with Crippen molar-refractivity contribution in [3.05, 3.63) is 151 Å². The summed E-state index contributed by atoms with van der Waals surface area (Å²) in [7, 11) is 0. The number of pyridine rings is 5. The summed E-state index contributed by atoms with van der Waals surface area (Å²) < 4.78 is 5.90. The first kappa shape index (κ1) is 53.5. The molecule has 0 radical (unpaired) electrons. The van der Waals surface area contributed by atoms with E-state index in [9.17, 15) is 68.4 Å². The fourth-order valence-corrected chi connectivity index (χ4v) is 7.27. The Morgan fingerprint density at radius 2 is 0.630 bits per heavy atom. The smallest absolute Gasteiger partial charge is 0.261 e. The Labute approximate surface area is 410 Å². The molecule has 5 aromatic heterocycles. The summed E-state index contributed by atoms with van der Waals surface area (Å²) in [5.74, 6) is -6.27. The van der Waals surface area contributed by atoms with Gasteiger partial charge in [0.1, 0.15) is 56.3 Å². The number of carbonyl (C=O) groups excluding carboxylic acids is 5. The van der Waals surface area contributed by atoms with Crippen LogP contribution in [0.4, 0.5) is 28.4 Å². The summed E-state index contributed by atoms with van der Waals surface area (Å²) in [6.45, 7) is -1.45. The zero-order valence-electron chi connectivity index (χ0n) is 38.6. The van der Waals surface area contributed by atoms with E-state index in [1.54, 1.807) is 0 Å². The third kappa shape index (κ3) is 13.1. The lowest BCUT2D eigenvalue weighted by Crippen LogP contribution is -2.33. The first-order chi connectivity index (χ1) is 35.1. The topological polar surface area (TPSA) is 409 Å². The molecule has 11 N–H and O–H groups in total. The summed E-state index contributed by atoms with van der Waals surface area (Å²) in [6, 6.07) is 0. The highest BCUT2D eigenvalue weighted by molar-refractivity contribution is 6.11. The van der Waals surface area contributed by atoms with Crippen molar-refractivity contribution in [2.24, 2.45) is 5.11 Å². The fourth-order valence-electron chi connectivity index (χ4n) is 7.27. The lowest BCUT2D eigenvalue weighted by Gasteiger charge is -2.16. The number of anilines is 5. The molecule has 10 bridgehead atoms. The quantitative estimate of drug-likeness (QED) is 0.0199. The van der Waals surface area contributed by atoms with Gasteiger partial charge in [-0.1, -0.05) is 5.11 Å². The molecule has 29 nitrogen and oxygen atoms in total. The maximum Gasteiger partial charge on any atom is 0.261 e. The Kier molecular flexibility index (Phi) is 18.2. The third-order valence-electron chi connectivity index (χ3n) is 10.8. The van der Waals surface area contributed by atoms with E-state index in [1.807, 2.05) is 0 Å². The number of nitrogens with one attached hydrogen (secondary N) is 7. The van der Waals surface area contributed by atoms with Gasteiger partial charge in [0.25, 0.3) is 29.5 Å². The van der Waals surface area contributed by atoms with Crippen LogP contribution in [0.1, 0.15) is 51.8 Å². The highest BCUT2D eigenvalue weighted by Crippen LogP contribution is 2.15. The number of carbonyl (C=O) groups is 5. The fraction of sp³-hybridized carbons (Fsp3) is 0.318. The van der Waals surface area contributed by atoms with Crippen LogP contribution < -0.4 is 64.4 Å². The monoisotopic (exact) mass is 1010 g/mol. The van der Waals surface area contributed by atoms with E-state index in [4.69, 9.17) is 5.53 Å². The lowest BCUT2D eigenvalue weighted by atomic mass is 10.1. The maximum atomic E-state index is 14.2. The normalized spacial score (nSPS) is 12.8. The standard InChI is InChI=1S/C44H49N15O14/c45-54-48-4-3-46-1-2-47-5-6-55-15-25-35(64)30(20-55)49-41(70)26-16-56(7-11-60)22-32(36(26)65)51-43(72)28-18-58(9-13-62)24-34(38(28)67)53-44(73)29-19-59(10-14-63)23-33(39(29)68)52-42(71)27-17-57(8-12-61)21-31(37(27)66)50-40(25)69/h15-24,46-47,60-63H,1-14H2,(H,49,70)(H,50,69)(H,51,72)(H,52,71)(H,53,73). The summed E-state index contributed by atoms with van der Waals surface area (Å²) >= 11 is 0. The van der Waals surface area contributed by atoms with E-state index >= 15 is 0 Å². The van der Waals surface area contributed by atoms with Crippen LogP contribution in [0.3, 0.4) is 0 Å². The molecule has 1 aliphatic heterocycles. The highest BCUT2D eigenvalue weighted by Gasteiger charge is 2.26. The molecule has 0 spiro atoms. The molecular formula is C44H49N15O14. The molecule has 0 atom stereocenters. The second-order valence-electron chi connectivity index (χ2n) is 15.9. The zero-order valence-corrected chi connectivity index (χ0v) is 38.6. The van der Waals surface area contributed by atoms with Gasteiger partial charge in [0.05, 0.1) is 26.4 Å². The van der Waals surface area contributed by atoms with Crippen molar-refractivity contribution in [1.82, 2.24) is 33.5 Å². The van der Waals surface area contributed by atoms with Crippen molar-refractivity contribution in [2.45, 2.75) is 32.7 Å². The predicted molar refractivity (Wildman–Crippen MR) is 261 cm³/mol. The molecule has 0 saturated heterocycles. The van der Waals surface area contributed by atoms with E-state index in [0.717, 1.165) is 80.2 Å². The Morgan fingerprint density at radius 1 is 0.384 bits per heavy atom. The van der Waals surface area contributed by atoms with E-state index in [-0.39, 0.29) is 45.8 Å². The average Bonchev–Trinajstić information content (AvgIpc) is 3.35. The second-order valence-corrected chi connectivity index (χ2v) is 15.9. The molecule has 73 heavy (non-hydrogen) atoms. The van der Waals surface area contributed by atoms with Crippen molar-refractivity contribution in [1.29, 1.82) is 0 Å². The second kappa shape index (κ2) is 24.8. The van der Waals surface area contributed by atoms with Crippen molar-refractivity contribution >= 4 is 58.0 Å². The van der Waals surface area contributed by atoms with Crippen LogP contribution in [0.2, 0.25) is 0 Å². The first-order valence-corrected chi connectivity index (χ1v) is 22.2. The molecule has 0 aliphatic carbocycles. The van der Waals surface area contributed by atoms with Crippen LogP contribution in [0, 0.1) is 0 Å². The molecule has 5 amide bonds. The lowest BCUT2D eigenvalue weighted by molar-refractivity contribution is 0.101. The van der Waals surface area contributed by atoms with Gasteiger partial charge >= 0.3 is 0 Å². The minimum atomic E-state index is -1.27. The third-order valence-corrected chi connectivity index (χ3v) is 10.8. The van der Waals surface area contributed by atoms with Gasteiger partial charge < -0.3 is 80.5 Å². The van der Waals surface area contributed by atoms with E-state index in [0.29, 0.717) is 19.6 Å². The van der Waals surface area contributed by atoms with Crippen molar-refractivity contribution in [3.8, 4) is 0 Å². The Bertz CT molecular complexity index is 3300. The van der Waals surface area contributed by atoms with Crippen molar-refractivity contribution in [3.63, 3.8) is 0 Å². The Hall–Kier alpha value is -8.83. The van der Waals surface area contributed by atoms with Crippen LogP contribution in [0.5, 0.6) is 0 Å². The van der Waals surface area contributed by atoms with Gasteiger partial charge in [0, 0.05) is 132 Å². The largest absolute Gasteiger partial charge is 0.395 e. The Balaban J connectivity index is 1.53. The van der Waals surface area contributed by atoms with Crippen LogP contribution >= 0.6 is 0 Å². The van der Waals surface area contributed by atoms with Gasteiger partial charge in [-0.3, -0.25) is 47.9 Å². The molecule has 0 unspecified atom stereocenters. The summed E-state index contributed by atoms with van der Waals surface area (Å²) in [6.07, 6.45) is 10.4. The zero-order chi connectivity index (χ0) is 52.8. The molecule has 6 rings (SSSR count). The summed E-state index contributed by atoms with van der Waals surface area (Å²) in [4.78, 5) is 143. The van der Waals surface area contributed by atoms with Gasteiger partial charge in [0.15, 0.2) is 0 Å². The molecule has 6 heterocycles. The van der Waals surface area contributed by atoms with E-state index in [2.05, 4.69) is 47.2 Å². The number of aliphatic hydroxyl groups is 4. The molecule has 29 heteroatoms. The molecule has 0 aromatic carbocycles. The summed E-state index contributed by atoms with van der Waals surface area (Å²) in [5.41, 5.74) is -3.85. The minimum Gasteiger partial charge on any atom is -0.395 e. The van der Waals surface area contributed by atoms with Crippen molar-refractivity contribution in [2.75, 3.05) is 85.7 Å². The van der Waals surface area contributed by atoms with Crippen LogP contribution in [0.15, 0.2) is 91.1 Å². The molecule has 384 valence electrons. The van der Waals surface area contributed by atoms with E-state index in [1.165, 1.54) is 4.57 Å². The molecule has 5 aromatic rings. The highest BCUT2D eigenvalue weighted by atomic mass is 16.3. The summed E-state index contributed by atoms with van der Waals surface area (Å²) in [5, 5.41) is 60.2. The molecule has 1 aliphatic rings. The number of hydrogen-bond acceptors (Lipinski definition) is 17. The number of aliphatic hydroxyl groups excluding tert-OH is 4. The van der Waals surface area contributed by atoms with Gasteiger partial charge in [0.2, 0.25) is 27.1 Å². The number of aromatic nitrogens is 5. The molecule has 0 fully saturated rings. The first-order valence-electron chi connectivity index (χ1n) is 22.2. The number of amides is 5. The van der Waals surface area contributed by atoms with Crippen LogP contribution in [0.25, 0.3) is 10.4 Å². The van der Waals surface area contributed by atoms with Gasteiger partial charge in [-0.2, -0.15) is 0 Å². The van der Waals surface area contributed by atoms with Gasteiger partial charge in [-0.05, 0) is 5.53 Å². The maximum absolute atomic E-state index is 14.2. The average molecular weight is 1010 g/mol. The number of hydrogen-bond donors (Lipinski definition) is 11. The molecular weight excluding hydrogens is 963 g/mol. The Morgan fingerprint density at radius 3 is 0.877 bits per heavy atom. The van der Waals surface area contributed by atoms with Crippen molar-refractivity contribution < 1.29 is 44.4 Å². The number of rotatable bonds is 17. The predicted octanol–water partition coefficient (Wildman–Crippen LogP) is -2.47. The number of fused-ring (bicyclic) bond motifs is 10. The SMILES string of the molecule is [N-]=[N+]=NCCNCCNCCn1cc2c(=O)c(c1)C(=O)Nc1cn(CCO)cc(c1=O)C(=O)Nc1cn(CCO)cc(c1=O)C(=O)Nc1cn(CCO)cc(c1=O)C(=O)Nc1cn(CCO)cc(c1=O)C(=O)N2. The van der Waals surface area contributed by atoms with E-state index < -0.39 is 139 Å². The number of nitrogens with zero attached hydrogens (tertiary/aromatic N) is 8. The van der Waals surface area contributed by atoms with Crippen LogP contribution in [-0.2, 0) is 32.7 Å². The van der Waals surface area contributed by atoms with Gasteiger partial charge in [-0.25, -0.2) is 0 Å². The van der Waals surface area contributed by atoms with Crippen LogP contribution in [-0.4, -0.2) is 132 Å². The number of azide groups is 1.